The average Bonchev–Trinajstić information content (AvgIpc) is 2.39. The summed E-state index contributed by atoms with van der Waals surface area (Å²) in [4.78, 5) is 2.38. The van der Waals surface area contributed by atoms with Crippen molar-refractivity contribution in [3.8, 4) is 0 Å². The number of hydrogen-bond acceptors (Lipinski definition) is 4. The zero-order valence-electron chi connectivity index (χ0n) is 12.4. The normalized spacial score (nSPS) is 14.6. The van der Waals surface area contributed by atoms with Crippen LogP contribution in [0.4, 0.5) is 5.69 Å². The largest absolute Gasteiger partial charge is 0.399 e. The van der Waals surface area contributed by atoms with E-state index < -0.39 is 0 Å². The van der Waals surface area contributed by atoms with Crippen LogP contribution in [0.5, 0.6) is 0 Å². The van der Waals surface area contributed by atoms with Crippen LogP contribution in [-0.2, 0) is 9.47 Å². The zero-order chi connectivity index (χ0) is 14.3. The molecule has 0 bridgehead atoms. The molecule has 0 saturated heterocycles. The van der Waals surface area contributed by atoms with Crippen molar-refractivity contribution in [1.82, 2.24) is 4.90 Å². The van der Waals surface area contributed by atoms with E-state index in [1.165, 1.54) is 5.56 Å². The molecule has 1 aromatic rings. The Labute approximate surface area is 116 Å². The number of benzene rings is 1. The molecule has 2 unspecified atom stereocenters. The second-order valence-electron chi connectivity index (χ2n) is 4.88. The molecule has 19 heavy (non-hydrogen) atoms. The Morgan fingerprint density at radius 2 is 1.95 bits per heavy atom. The molecule has 0 amide bonds. The van der Waals surface area contributed by atoms with E-state index in [-0.39, 0.29) is 6.04 Å². The molecular weight excluding hydrogens is 240 g/mol. The van der Waals surface area contributed by atoms with Gasteiger partial charge in [0.25, 0.3) is 0 Å². The lowest BCUT2D eigenvalue weighted by Crippen LogP contribution is -2.40. The van der Waals surface area contributed by atoms with E-state index in [9.17, 15) is 0 Å². The van der Waals surface area contributed by atoms with Gasteiger partial charge in [0.2, 0.25) is 0 Å². The van der Waals surface area contributed by atoms with Crippen LogP contribution in [0.2, 0.25) is 0 Å². The van der Waals surface area contributed by atoms with Crippen LogP contribution in [0.15, 0.2) is 24.3 Å². The van der Waals surface area contributed by atoms with Gasteiger partial charge in [-0.2, -0.15) is 0 Å². The van der Waals surface area contributed by atoms with E-state index in [1.807, 2.05) is 18.2 Å². The SMILES string of the molecule is COCCN(C(C)COC)C(C)c1cccc(N)c1. The Hall–Kier alpha value is -1.10. The van der Waals surface area contributed by atoms with Crippen molar-refractivity contribution in [3.63, 3.8) is 0 Å². The Morgan fingerprint density at radius 3 is 2.53 bits per heavy atom. The fourth-order valence-corrected chi connectivity index (χ4v) is 2.34. The minimum absolute atomic E-state index is 0.281. The van der Waals surface area contributed by atoms with Gasteiger partial charge in [-0.25, -0.2) is 0 Å². The highest BCUT2D eigenvalue weighted by Gasteiger charge is 2.21. The predicted octanol–water partition coefficient (Wildman–Crippen LogP) is 2.31. The first kappa shape index (κ1) is 16.0. The van der Waals surface area contributed by atoms with Crippen molar-refractivity contribution in [2.24, 2.45) is 0 Å². The molecule has 2 N–H and O–H groups in total. The lowest BCUT2D eigenvalue weighted by atomic mass is 10.0. The van der Waals surface area contributed by atoms with Crippen LogP contribution in [-0.4, -0.2) is 44.9 Å². The van der Waals surface area contributed by atoms with E-state index in [0.29, 0.717) is 19.3 Å². The summed E-state index contributed by atoms with van der Waals surface area (Å²) in [5.41, 5.74) is 7.89. The summed E-state index contributed by atoms with van der Waals surface area (Å²) >= 11 is 0. The molecule has 2 atom stereocenters. The second-order valence-corrected chi connectivity index (χ2v) is 4.88. The van der Waals surface area contributed by atoms with Crippen LogP contribution >= 0.6 is 0 Å². The van der Waals surface area contributed by atoms with Crippen LogP contribution < -0.4 is 5.73 Å². The number of rotatable bonds is 8. The van der Waals surface area contributed by atoms with E-state index >= 15 is 0 Å². The van der Waals surface area contributed by atoms with Gasteiger partial charge in [0.05, 0.1) is 13.2 Å². The molecule has 0 radical (unpaired) electrons. The van der Waals surface area contributed by atoms with Gasteiger partial charge in [-0.15, -0.1) is 0 Å². The highest BCUT2D eigenvalue weighted by Crippen LogP contribution is 2.23. The second kappa shape index (κ2) is 8.15. The van der Waals surface area contributed by atoms with Crippen molar-refractivity contribution in [2.45, 2.75) is 25.9 Å². The van der Waals surface area contributed by atoms with E-state index in [4.69, 9.17) is 15.2 Å². The summed E-state index contributed by atoms with van der Waals surface area (Å²) in [6.07, 6.45) is 0. The maximum Gasteiger partial charge on any atom is 0.0615 e. The van der Waals surface area contributed by atoms with E-state index in [0.717, 1.165) is 12.2 Å². The number of nitrogens with zero attached hydrogens (tertiary/aromatic N) is 1. The first-order chi connectivity index (χ1) is 9.10. The van der Waals surface area contributed by atoms with Crippen molar-refractivity contribution in [3.05, 3.63) is 29.8 Å². The third-order valence-corrected chi connectivity index (χ3v) is 3.42. The third-order valence-electron chi connectivity index (χ3n) is 3.42. The van der Waals surface area contributed by atoms with Gasteiger partial charge >= 0.3 is 0 Å². The standard InChI is InChI=1S/C15H26N2O2/c1-12(11-19-4)17(8-9-18-3)13(2)14-6-5-7-15(16)10-14/h5-7,10,12-13H,8-9,11,16H2,1-4H3. The van der Waals surface area contributed by atoms with Crippen LogP contribution in [0.1, 0.15) is 25.5 Å². The number of anilines is 1. The molecule has 0 aliphatic heterocycles. The Kier molecular flexibility index (Phi) is 6.84. The van der Waals surface area contributed by atoms with Gasteiger partial charge in [-0.1, -0.05) is 12.1 Å². The molecule has 4 heteroatoms. The monoisotopic (exact) mass is 266 g/mol. The van der Waals surface area contributed by atoms with Crippen LogP contribution in [0.25, 0.3) is 0 Å². The molecule has 0 saturated carbocycles. The maximum atomic E-state index is 5.86. The molecule has 4 nitrogen and oxygen atoms in total. The topological polar surface area (TPSA) is 47.7 Å². The molecule has 0 fully saturated rings. The summed E-state index contributed by atoms with van der Waals surface area (Å²) in [7, 11) is 3.46. The first-order valence-corrected chi connectivity index (χ1v) is 6.69. The average molecular weight is 266 g/mol. The molecule has 108 valence electrons. The number of nitrogen functional groups attached to an aromatic ring is 1. The summed E-state index contributed by atoms with van der Waals surface area (Å²) < 4.78 is 10.5. The summed E-state index contributed by atoms with van der Waals surface area (Å²) in [6.45, 7) is 6.65. The number of ether oxygens (including phenoxy) is 2. The lowest BCUT2D eigenvalue weighted by Gasteiger charge is -2.34. The molecule has 1 aromatic carbocycles. The molecule has 0 aliphatic carbocycles. The number of hydrogen-bond donors (Lipinski definition) is 1. The van der Waals surface area contributed by atoms with Crippen molar-refractivity contribution < 1.29 is 9.47 Å². The zero-order valence-corrected chi connectivity index (χ0v) is 12.4. The van der Waals surface area contributed by atoms with Gasteiger partial charge in [0, 0.05) is 38.5 Å². The van der Waals surface area contributed by atoms with Crippen LogP contribution in [0, 0.1) is 0 Å². The van der Waals surface area contributed by atoms with Gasteiger partial charge in [0.1, 0.15) is 0 Å². The van der Waals surface area contributed by atoms with Gasteiger partial charge < -0.3 is 15.2 Å². The van der Waals surface area contributed by atoms with Crippen LogP contribution in [0.3, 0.4) is 0 Å². The molecule has 0 heterocycles. The molecule has 0 aromatic heterocycles. The van der Waals surface area contributed by atoms with Gasteiger partial charge in [-0.05, 0) is 31.5 Å². The quantitative estimate of drug-likeness (QED) is 0.734. The summed E-state index contributed by atoms with van der Waals surface area (Å²) in [5, 5.41) is 0. The first-order valence-electron chi connectivity index (χ1n) is 6.69. The molecule has 0 aliphatic rings. The van der Waals surface area contributed by atoms with Crippen molar-refractivity contribution in [1.29, 1.82) is 0 Å². The summed E-state index contributed by atoms with van der Waals surface area (Å²) in [6, 6.07) is 8.66. The summed E-state index contributed by atoms with van der Waals surface area (Å²) in [5.74, 6) is 0. The minimum Gasteiger partial charge on any atom is -0.399 e. The number of methoxy groups -OCH3 is 2. The Morgan fingerprint density at radius 1 is 1.21 bits per heavy atom. The lowest BCUT2D eigenvalue weighted by molar-refractivity contribution is 0.0514. The van der Waals surface area contributed by atoms with Gasteiger partial charge in [0.15, 0.2) is 0 Å². The third kappa shape index (κ3) is 4.82. The number of nitrogens with two attached hydrogens (primary N) is 1. The fraction of sp³-hybridized carbons (Fsp3) is 0.600. The predicted molar refractivity (Wildman–Crippen MR) is 79.2 cm³/mol. The minimum atomic E-state index is 0.281. The molecular formula is C15H26N2O2. The fourth-order valence-electron chi connectivity index (χ4n) is 2.34. The highest BCUT2D eigenvalue weighted by atomic mass is 16.5. The van der Waals surface area contributed by atoms with E-state index in [2.05, 4.69) is 24.8 Å². The van der Waals surface area contributed by atoms with Crippen molar-refractivity contribution >= 4 is 5.69 Å². The van der Waals surface area contributed by atoms with Crippen molar-refractivity contribution in [2.75, 3.05) is 39.7 Å². The van der Waals surface area contributed by atoms with E-state index in [1.54, 1.807) is 14.2 Å². The van der Waals surface area contributed by atoms with Gasteiger partial charge in [-0.3, -0.25) is 4.90 Å². The smallest absolute Gasteiger partial charge is 0.0615 e. The molecule has 0 spiro atoms. The maximum absolute atomic E-state index is 5.86. The molecule has 1 rings (SSSR count). The Balaban J connectivity index is 2.83. The Bertz CT molecular complexity index is 371. The highest BCUT2D eigenvalue weighted by molar-refractivity contribution is 5.41.